The van der Waals surface area contributed by atoms with E-state index in [1.165, 1.54) is 12.1 Å². The van der Waals surface area contributed by atoms with Crippen LogP contribution < -0.4 is 5.32 Å². The van der Waals surface area contributed by atoms with Gasteiger partial charge in [0.25, 0.3) is 0 Å². The van der Waals surface area contributed by atoms with Gasteiger partial charge in [0.15, 0.2) is 0 Å². The summed E-state index contributed by atoms with van der Waals surface area (Å²) < 4.78 is 13.5. The fourth-order valence-electron chi connectivity index (χ4n) is 2.04. The lowest BCUT2D eigenvalue weighted by molar-refractivity contribution is -0.387. The second kappa shape index (κ2) is 6.44. The number of nitrogens with one attached hydrogen (secondary N) is 1. The fourth-order valence-corrected chi connectivity index (χ4v) is 2.04. The maximum Gasteiger partial charge on any atom is 0.304 e. The van der Waals surface area contributed by atoms with Crippen LogP contribution in [0.4, 0.5) is 10.1 Å². The molecule has 2 unspecified atom stereocenters. The van der Waals surface area contributed by atoms with Crippen LogP contribution in [0.3, 0.4) is 0 Å². The molecule has 0 radical (unpaired) electrons. The Morgan fingerprint density at radius 3 is 2.61 bits per heavy atom. The van der Waals surface area contributed by atoms with Crippen LogP contribution in [0.1, 0.15) is 25.8 Å². The van der Waals surface area contributed by atoms with Gasteiger partial charge in [0.2, 0.25) is 5.82 Å². The van der Waals surface area contributed by atoms with E-state index in [4.69, 9.17) is 0 Å². The van der Waals surface area contributed by atoms with Gasteiger partial charge in [0.1, 0.15) is 0 Å². The normalized spacial score (nSPS) is 14.2. The Labute approximate surface area is 106 Å². The van der Waals surface area contributed by atoms with Crippen molar-refractivity contribution in [1.29, 1.82) is 0 Å². The fraction of sp³-hybridized carbons (Fsp3) is 0.538. The third kappa shape index (κ3) is 3.50. The van der Waals surface area contributed by atoms with Crippen LogP contribution in [0.2, 0.25) is 0 Å². The number of halogens is 1. The first-order valence-electron chi connectivity index (χ1n) is 6.09. The smallest absolute Gasteiger partial charge is 0.304 e. The molecule has 1 rings (SSSR count). The molecule has 0 aliphatic rings. The number of nitrogens with zero attached hydrogens (tertiary/aromatic N) is 1. The maximum absolute atomic E-state index is 13.5. The molecule has 0 aliphatic carbocycles. The Bertz CT molecular complexity index is 423. The van der Waals surface area contributed by atoms with Crippen molar-refractivity contribution < 1.29 is 9.31 Å². The minimum Gasteiger partial charge on any atom is -0.317 e. The van der Waals surface area contributed by atoms with Gasteiger partial charge in [-0.15, -0.1) is 0 Å². The molecule has 100 valence electrons. The highest BCUT2D eigenvalue weighted by Crippen LogP contribution is 2.22. The molecule has 0 aromatic heterocycles. The molecule has 2 atom stereocenters. The monoisotopic (exact) mass is 254 g/mol. The molecule has 0 aliphatic heterocycles. The molecule has 0 heterocycles. The molecule has 0 amide bonds. The Morgan fingerprint density at radius 2 is 2.17 bits per heavy atom. The van der Waals surface area contributed by atoms with E-state index in [1.807, 2.05) is 7.05 Å². The summed E-state index contributed by atoms with van der Waals surface area (Å²) in [5.41, 5.74) is 0.334. The van der Waals surface area contributed by atoms with E-state index in [1.54, 1.807) is 6.07 Å². The molecular weight excluding hydrogens is 235 g/mol. The van der Waals surface area contributed by atoms with Crippen LogP contribution in [-0.2, 0) is 6.42 Å². The number of benzene rings is 1. The first-order chi connectivity index (χ1) is 8.49. The summed E-state index contributed by atoms with van der Waals surface area (Å²) in [6, 6.07) is 4.46. The number of hydrogen-bond acceptors (Lipinski definition) is 3. The number of nitro groups is 1. The summed E-state index contributed by atoms with van der Waals surface area (Å²) in [6.45, 7) is 4.16. The van der Waals surface area contributed by atoms with Crippen molar-refractivity contribution in [3.05, 3.63) is 39.7 Å². The largest absolute Gasteiger partial charge is 0.317 e. The summed E-state index contributed by atoms with van der Waals surface area (Å²) in [4.78, 5) is 9.82. The lowest BCUT2D eigenvalue weighted by Gasteiger charge is -2.22. The summed E-state index contributed by atoms with van der Waals surface area (Å²) in [5.74, 6) is -0.375. The number of nitro benzene ring substituents is 1. The molecule has 1 aromatic rings. The van der Waals surface area contributed by atoms with E-state index in [-0.39, 0.29) is 0 Å². The van der Waals surface area contributed by atoms with Crippen LogP contribution in [0, 0.1) is 21.8 Å². The van der Waals surface area contributed by atoms with Crippen molar-refractivity contribution in [3.8, 4) is 0 Å². The third-order valence-corrected chi connectivity index (χ3v) is 3.39. The predicted octanol–water partition coefficient (Wildman–Crippen LogP) is 2.91. The van der Waals surface area contributed by atoms with E-state index >= 15 is 0 Å². The van der Waals surface area contributed by atoms with Crippen molar-refractivity contribution in [1.82, 2.24) is 5.32 Å². The number of rotatable bonds is 6. The zero-order valence-corrected chi connectivity index (χ0v) is 10.9. The van der Waals surface area contributed by atoms with Gasteiger partial charge in [-0.25, -0.2) is 0 Å². The topological polar surface area (TPSA) is 55.2 Å². The maximum atomic E-state index is 13.5. The highest BCUT2D eigenvalue weighted by molar-refractivity contribution is 5.35. The SMILES string of the molecule is CCC(Cc1ccc([N+](=O)[O-])c(F)c1)C(C)NC. The van der Waals surface area contributed by atoms with Gasteiger partial charge in [-0.3, -0.25) is 10.1 Å². The molecule has 0 bridgehead atoms. The van der Waals surface area contributed by atoms with Crippen molar-refractivity contribution in [2.75, 3.05) is 7.05 Å². The van der Waals surface area contributed by atoms with Gasteiger partial charge in [-0.05, 0) is 37.9 Å². The highest BCUT2D eigenvalue weighted by Gasteiger charge is 2.18. The lowest BCUT2D eigenvalue weighted by Crippen LogP contribution is -2.31. The molecule has 4 nitrogen and oxygen atoms in total. The van der Waals surface area contributed by atoms with Crippen LogP contribution in [0.5, 0.6) is 0 Å². The van der Waals surface area contributed by atoms with Crippen molar-refractivity contribution in [2.24, 2.45) is 5.92 Å². The second-order valence-corrected chi connectivity index (χ2v) is 4.49. The van der Waals surface area contributed by atoms with E-state index in [0.29, 0.717) is 18.4 Å². The Balaban J connectivity index is 2.85. The van der Waals surface area contributed by atoms with Crippen molar-refractivity contribution >= 4 is 5.69 Å². The molecule has 1 aromatic carbocycles. The molecule has 0 spiro atoms. The van der Waals surface area contributed by atoms with Gasteiger partial charge < -0.3 is 5.32 Å². The second-order valence-electron chi connectivity index (χ2n) is 4.49. The van der Waals surface area contributed by atoms with E-state index in [2.05, 4.69) is 19.2 Å². The number of hydrogen-bond donors (Lipinski definition) is 1. The van der Waals surface area contributed by atoms with Crippen LogP contribution in [0.25, 0.3) is 0 Å². The van der Waals surface area contributed by atoms with Crippen LogP contribution in [-0.4, -0.2) is 18.0 Å². The summed E-state index contributed by atoms with van der Waals surface area (Å²) in [7, 11) is 1.89. The zero-order chi connectivity index (χ0) is 13.7. The molecule has 0 saturated heterocycles. The minimum atomic E-state index is -0.760. The molecule has 0 saturated carbocycles. The molecule has 18 heavy (non-hydrogen) atoms. The summed E-state index contributed by atoms with van der Waals surface area (Å²) in [6.07, 6.45) is 1.69. The van der Waals surface area contributed by atoms with E-state index in [9.17, 15) is 14.5 Å². The quantitative estimate of drug-likeness (QED) is 0.627. The van der Waals surface area contributed by atoms with Crippen LogP contribution in [0.15, 0.2) is 18.2 Å². The van der Waals surface area contributed by atoms with Gasteiger partial charge in [0.05, 0.1) is 4.92 Å². The van der Waals surface area contributed by atoms with Gasteiger partial charge in [0, 0.05) is 12.1 Å². The first kappa shape index (κ1) is 14.6. The average Bonchev–Trinajstić information content (AvgIpc) is 2.34. The molecule has 0 fully saturated rings. The first-order valence-corrected chi connectivity index (χ1v) is 6.09. The van der Waals surface area contributed by atoms with Crippen molar-refractivity contribution in [3.63, 3.8) is 0 Å². The highest BCUT2D eigenvalue weighted by atomic mass is 19.1. The Morgan fingerprint density at radius 1 is 1.50 bits per heavy atom. The average molecular weight is 254 g/mol. The lowest BCUT2D eigenvalue weighted by atomic mass is 9.91. The Hall–Kier alpha value is -1.49. The standard InChI is InChI=1S/C13H19FN2O2/c1-4-11(9(2)15-3)7-10-5-6-13(16(17)18)12(14)8-10/h5-6,8-9,11,15H,4,7H2,1-3H3. The van der Waals surface area contributed by atoms with Gasteiger partial charge >= 0.3 is 5.69 Å². The van der Waals surface area contributed by atoms with E-state index < -0.39 is 16.4 Å². The zero-order valence-electron chi connectivity index (χ0n) is 10.9. The van der Waals surface area contributed by atoms with E-state index in [0.717, 1.165) is 12.0 Å². The molecule has 5 heteroatoms. The predicted molar refractivity (Wildman–Crippen MR) is 69.1 cm³/mol. The Kier molecular flexibility index (Phi) is 5.22. The minimum absolute atomic E-state index is 0.327. The van der Waals surface area contributed by atoms with Gasteiger partial charge in [-0.2, -0.15) is 4.39 Å². The van der Waals surface area contributed by atoms with Gasteiger partial charge in [-0.1, -0.05) is 19.4 Å². The third-order valence-electron chi connectivity index (χ3n) is 3.39. The molecular formula is C13H19FN2O2. The van der Waals surface area contributed by atoms with Crippen LogP contribution >= 0.6 is 0 Å². The van der Waals surface area contributed by atoms with Crippen molar-refractivity contribution in [2.45, 2.75) is 32.7 Å². The summed E-state index contributed by atoms with van der Waals surface area (Å²) >= 11 is 0. The summed E-state index contributed by atoms with van der Waals surface area (Å²) in [5, 5.41) is 13.7. The molecule has 1 N–H and O–H groups in total.